The van der Waals surface area contributed by atoms with Gasteiger partial charge in [0.25, 0.3) is 0 Å². The average Bonchev–Trinajstić information content (AvgIpc) is 3.10. The average molecular weight is 372 g/mol. The molecule has 2 atom stereocenters. The first-order valence-electron chi connectivity index (χ1n) is 8.69. The molecule has 0 aliphatic carbocycles. The molecular formula is C18H27Cl2N3O. The van der Waals surface area contributed by atoms with Crippen LogP contribution in [0.1, 0.15) is 31.2 Å². The van der Waals surface area contributed by atoms with Crippen LogP contribution < -0.4 is 10.6 Å². The van der Waals surface area contributed by atoms with E-state index >= 15 is 0 Å². The highest BCUT2D eigenvalue weighted by Gasteiger charge is 2.24. The molecule has 0 radical (unpaired) electrons. The molecule has 3 rings (SSSR count). The summed E-state index contributed by atoms with van der Waals surface area (Å²) < 4.78 is 0. The zero-order chi connectivity index (χ0) is 16.1. The molecule has 24 heavy (non-hydrogen) atoms. The summed E-state index contributed by atoms with van der Waals surface area (Å²) in [6, 6.07) is 8.08. The molecule has 2 N–H and O–H groups in total. The van der Waals surface area contributed by atoms with Gasteiger partial charge in [-0.15, -0.1) is 12.4 Å². The molecule has 1 amide bonds. The number of nitrogens with one attached hydrogen (secondary N) is 2. The summed E-state index contributed by atoms with van der Waals surface area (Å²) in [6.45, 7) is 4.79. The van der Waals surface area contributed by atoms with Crippen LogP contribution in [0.25, 0.3) is 0 Å². The number of halogens is 2. The SMILES string of the molecule is Cl.O=C(NCC1CCCN(Cc2ccccc2Cl)C1)C1CCCN1. The topological polar surface area (TPSA) is 44.4 Å². The Bertz CT molecular complexity index is 535. The fraction of sp³-hybridized carbons (Fsp3) is 0.611. The number of hydrogen-bond donors (Lipinski definition) is 2. The summed E-state index contributed by atoms with van der Waals surface area (Å²) in [5, 5.41) is 7.23. The normalized spacial score (nSPS) is 24.4. The van der Waals surface area contributed by atoms with E-state index in [4.69, 9.17) is 11.6 Å². The summed E-state index contributed by atoms with van der Waals surface area (Å²) in [5.74, 6) is 0.710. The zero-order valence-electron chi connectivity index (χ0n) is 14.0. The van der Waals surface area contributed by atoms with Gasteiger partial charge in [0.15, 0.2) is 0 Å². The highest BCUT2D eigenvalue weighted by atomic mass is 35.5. The molecule has 1 aromatic carbocycles. The number of likely N-dealkylation sites (tertiary alicyclic amines) is 1. The van der Waals surface area contributed by atoms with E-state index in [-0.39, 0.29) is 24.4 Å². The Morgan fingerprint density at radius 2 is 2.12 bits per heavy atom. The predicted octanol–water partition coefficient (Wildman–Crippen LogP) is 2.84. The predicted molar refractivity (Wildman–Crippen MR) is 101 cm³/mol. The quantitative estimate of drug-likeness (QED) is 0.836. The number of nitrogens with zero attached hydrogens (tertiary/aromatic N) is 1. The fourth-order valence-corrected chi connectivity index (χ4v) is 3.80. The van der Waals surface area contributed by atoms with Crippen LogP contribution in [0, 0.1) is 5.92 Å². The van der Waals surface area contributed by atoms with Crippen molar-refractivity contribution in [1.29, 1.82) is 0 Å². The third-order valence-corrected chi connectivity index (χ3v) is 5.27. The molecule has 2 saturated heterocycles. The monoisotopic (exact) mass is 371 g/mol. The molecule has 134 valence electrons. The summed E-state index contributed by atoms with van der Waals surface area (Å²) in [4.78, 5) is 14.6. The second-order valence-corrected chi connectivity index (χ2v) is 7.14. The zero-order valence-corrected chi connectivity index (χ0v) is 15.5. The van der Waals surface area contributed by atoms with E-state index in [1.165, 1.54) is 18.4 Å². The molecule has 2 fully saturated rings. The molecule has 0 spiro atoms. The molecule has 0 bridgehead atoms. The van der Waals surface area contributed by atoms with Crippen LogP contribution in [0.3, 0.4) is 0 Å². The van der Waals surface area contributed by atoms with Gasteiger partial charge in [-0.1, -0.05) is 29.8 Å². The molecular weight excluding hydrogens is 345 g/mol. The minimum atomic E-state index is 0. The lowest BCUT2D eigenvalue weighted by Crippen LogP contribution is -2.45. The standard InChI is InChI=1S/C18H26ClN3O.ClH/c19-16-7-2-1-6-15(16)13-22-10-4-5-14(12-22)11-21-18(23)17-8-3-9-20-17;/h1-2,6-7,14,17,20H,3-5,8-13H2,(H,21,23);1H. The van der Waals surface area contributed by atoms with Crippen molar-refractivity contribution < 1.29 is 4.79 Å². The lowest BCUT2D eigenvalue weighted by Gasteiger charge is -2.33. The van der Waals surface area contributed by atoms with Crippen LogP contribution in [0.5, 0.6) is 0 Å². The number of hydrogen-bond acceptors (Lipinski definition) is 3. The van der Waals surface area contributed by atoms with Gasteiger partial charge in [0.2, 0.25) is 5.91 Å². The number of amides is 1. The van der Waals surface area contributed by atoms with Gasteiger partial charge in [0.1, 0.15) is 0 Å². The van der Waals surface area contributed by atoms with Gasteiger partial charge < -0.3 is 10.6 Å². The molecule has 1 aromatic rings. The number of carbonyl (C=O) groups is 1. The summed E-state index contributed by atoms with van der Waals surface area (Å²) in [6.07, 6.45) is 4.45. The number of benzene rings is 1. The van der Waals surface area contributed by atoms with Crippen molar-refractivity contribution in [1.82, 2.24) is 15.5 Å². The third kappa shape index (κ3) is 5.35. The number of rotatable bonds is 5. The van der Waals surface area contributed by atoms with E-state index in [2.05, 4.69) is 21.6 Å². The van der Waals surface area contributed by atoms with Crippen LogP contribution in [-0.2, 0) is 11.3 Å². The summed E-state index contributed by atoms with van der Waals surface area (Å²) >= 11 is 6.26. The molecule has 2 unspecified atom stereocenters. The van der Waals surface area contributed by atoms with Crippen LogP contribution in [0.4, 0.5) is 0 Å². The second kappa shape index (κ2) is 9.62. The Balaban J connectivity index is 0.00000208. The minimum absolute atomic E-state index is 0. The van der Waals surface area contributed by atoms with E-state index in [0.29, 0.717) is 5.92 Å². The minimum Gasteiger partial charge on any atom is -0.354 e. The van der Waals surface area contributed by atoms with Crippen molar-refractivity contribution in [2.24, 2.45) is 5.92 Å². The molecule has 0 saturated carbocycles. The van der Waals surface area contributed by atoms with Gasteiger partial charge in [-0.25, -0.2) is 0 Å². The molecule has 2 heterocycles. The molecule has 6 heteroatoms. The second-order valence-electron chi connectivity index (χ2n) is 6.73. The van der Waals surface area contributed by atoms with E-state index in [1.54, 1.807) is 0 Å². The molecule has 2 aliphatic heterocycles. The van der Waals surface area contributed by atoms with Crippen LogP contribution >= 0.6 is 24.0 Å². The summed E-state index contributed by atoms with van der Waals surface area (Å²) in [7, 11) is 0. The van der Waals surface area contributed by atoms with Crippen molar-refractivity contribution in [2.45, 2.75) is 38.3 Å². The Morgan fingerprint density at radius 3 is 2.88 bits per heavy atom. The molecule has 0 aromatic heterocycles. The van der Waals surface area contributed by atoms with Gasteiger partial charge in [-0.2, -0.15) is 0 Å². The van der Waals surface area contributed by atoms with E-state index < -0.39 is 0 Å². The summed E-state index contributed by atoms with van der Waals surface area (Å²) in [5.41, 5.74) is 1.19. The van der Waals surface area contributed by atoms with Crippen LogP contribution in [0.15, 0.2) is 24.3 Å². The fourth-order valence-electron chi connectivity index (χ4n) is 3.61. The highest BCUT2D eigenvalue weighted by Crippen LogP contribution is 2.22. The first-order chi connectivity index (χ1) is 11.2. The maximum absolute atomic E-state index is 12.1. The van der Waals surface area contributed by atoms with Crippen molar-refractivity contribution in [2.75, 3.05) is 26.2 Å². The van der Waals surface area contributed by atoms with E-state index in [9.17, 15) is 4.79 Å². The first-order valence-corrected chi connectivity index (χ1v) is 9.07. The van der Waals surface area contributed by atoms with E-state index in [1.807, 2.05) is 18.2 Å². The molecule has 2 aliphatic rings. The van der Waals surface area contributed by atoms with Gasteiger partial charge in [-0.05, 0) is 56.3 Å². The largest absolute Gasteiger partial charge is 0.354 e. The third-order valence-electron chi connectivity index (χ3n) is 4.90. The smallest absolute Gasteiger partial charge is 0.237 e. The lowest BCUT2D eigenvalue weighted by atomic mass is 9.97. The van der Waals surface area contributed by atoms with Crippen molar-refractivity contribution >= 4 is 29.9 Å². The van der Waals surface area contributed by atoms with E-state index in [0.717, 1.165) is 50.6 Å². The van der Waals surface area contributed by atoms with Crippen molar-refractivity contribution in [3.8, 4) is 0 Å². The number of piperidine rings is 1. The van der Waals surface area contributed by atoms with Gasteiger partial charge in [0, 0.05) is 24.7 Å². The van der Waals surface area contributed by atoms with Gasteiger partial charge in [-0.3, -0.25) is 9.69 Å². The Morgan fingerprint density at radius 1 is 1.29 bits per heavy atom. The lowest BCUT2D eigenvalue weighted by molar-refractivity contribution is -0.123. The Labute approximate surface area is 155 Å². The Hall–Kier alpha value is -0.810. The first kappa shape index (κ1) is 19.5. The maximum Gasteiger partial charge on any atom is 0.237 e. The number of carbonyl (C=O) groups excluding carboxylic acids is 1. The highest BCUT2D eigenvalue weighted by molar-refractivity contribution is 6.31. The molecule has 4 nitrogen and oxygen atoms in total. The van der Waals surface area contributed by atoms with Crippen molar-refractivity contribution in [3.05, 3.63) is 34.9 Å². The van der Waals surface area contributed by atoms with Gasteiger partial charge in [0.05, 0.1) is 6.04 Å². The van der Waals surface area contributed by atoms with Crippen molar-refractivity contribution in [3.63, 3.8) is 0 Å². The maximum atomic E-state index is 12.1. The van der Waals surface area contributed by atoms with Crippen LogP contribution in [0.2, 0.25) is 5.02 Å². The Kier molecular flexibility index (Phi) is 7.82. The van der Waals surface area contributed by atoms with Gasteiger partial charge >= 0.3 is 0 Å². The van der Waals surface area contributed by atoms with Crippen LogP contribution in [-0.4, -0.2) is 43.0 Å².